The molecule has 0 aromatic heterocycles. The molecule has 6 heteroatoms. The van der Waals surface area contributed by atoms with Crippen LogP contribution >= 0.6 is 0 Å². The van der Waals surface area contributed by atoms with Crippen molar-refractivity contribution in [3.63, 3.8) is 0 Å². The van der Waals surface area contributed by atoms with Crippen LogP contribution in [0.15, 0.2) is 0 Å². The summed E-state index contributed by atoms with van der Waals surface area (Å²) in [5.74, 6) is -0.679. The van der Waals surface area contributed by atoms with Gasteiger partial charge in [-0.2, -0.15) is 0 Å². The molecule has 1 rings (SSSR count). The number of rotatable bonds is 4. The van der Waals surface area contributed by atoms with Crippen LogP contribution in [0.5, 0.6) is 0 Å². The normalized spacial score (nSPS) is 20.8. The summed E-state index contributed by atoms with van der Waals surface area (Å²) < 4.78 is 0. The fourth-order valence-corrected chi connectivity index (χ4v) is 1.20. The van der Waals surface area contributed by atoms with Gasteiger partial charge in [-0.25, -0.2) is 0 Å². The van der Waals surface area contributed by atoms with Crippen LogP contribution in [-0.4, -0.2) is 37.4 Å². The number of carbonyl (C=O) groups excluding carboxylic acids is 3. The van der Waals surface area contributed by atoms with Gasteiger partial charge in [0.2, 0.25) is 17.7 Å². The van der Waals surface area contributed by atoms with Crippen LogP contribution in [0.1, 0.15) is 12.8 Å². The molecule has 0 aromatic carbocycles. The van der Waals surface area contributed by atoms with Crippen molar-refractivity contribution < 1.29 is 14.4 Å². The smallest absolute Gasteiger partial charge is 0.244 e. The first-order valence-electron chi connectivity index (χ1n) is 4.41. The first-order valence-corrected chi connectivity index (χ1v) is 4.41. The Kier molecular flexibility index (Phi) is 3.58. The topological polar surface area (TPSA) is 87.3 Å². The third-order valence-electron chi connectivity index (χ3n) is 1.99. The number of hydrogen-bond donors (Lipinski definition) is 3. The summed E-state index contributed by atoms with van der Waals surface area (Å²) in [7, 11) is 1.55. The Balaban J connectivity index is 2.22. The molecule has 1 aliphatic heterocycles. The molecule has 6 nitrogen and oxygen atoms in total. The molecule has 1 atom stereocenters. The maximum Gasteiger partial charge on any atom is 0.244 e. The highest BCUT2D eigenvalue weighted by atomic mass is 16.2. The molecule has 0 aromatic rings. The molecular formula is C8H13N3O3. The van der Waals surface area contributed by atoms with Crippen LogP contribution in [0.25, 0.3) is 0 Å². The zero-order valence-corrected chi connectivity index (χ0v) is 7.92. The van der Waals surface area contributed by atoms with Gasteiger partial charge in [0.25, 0.3) is 0 Å². The van der Waals surface area contributed by atoms with Crippen molar-refractivity contribution in [2.45, 2.75) is 18.9 Å². The Morgan fingerprint density at radius 3 is 2.79 bits per heavy atom. The van der Waals surface area contributed by atoms with E-state index in [1.807, 2.05) is 0 Å². The summed E-state index contributed by atoms with van der Waals surface area (Å²) in [6, 6.07) is -0.479. The Labute approximate surface area is 81.4 Å². The Hall–Kier alpha value is -1.43. The molecule has 0 saturated carbocycles. The molecule has 0 aliphatic carbocycles. The van der Waals surface area contributed by atoms with Crippen molar-refractivity contribution in [1.82, 2.24) is 16.0 Å². The van der Waals surface area contributed by atoms with E-state index in [-0.39, 0.29) is 24.1 Å². The largest absolute Gasteiger partial charge is 0.359 e. The Bertz CT molecular complexity index is 265. The molecule has 0 radical (unpaired) electrons. The monoisotopic (exact) mass is 199 g/mol. The minimum Gasteiger partial charge on any atom is -0.359 e. The quantitative estimate of drug-likeness (QED) is 0.463. The van der Waals surface area contributed by atoms with E-state index in [4.69, 9.17) is 0 Å². The highest BCUT2D eigenvalue weighted by Gasteiger charge is 2.29. The zero-order chi connectivity index (χ0) is 10.6. The van der Waals surface area contributed by atoms with E-state index in [1.165, 1.54) is 0 Å². The lowest BCUT2D eigenvalue weighted by atomic mass is 10.2. The van der Waals surface area contributed by atoms with E-state index in [2.05, 4.69) is 16.0 Å². The van der Waals surface area contributed by atoms with Crippen LogP contribution in [0, 0.1) is 0 Å². The SMILES string of the molecule is CNC(=O)CCNC1CC(=O)NC1=O. The lowest BCUT2D eigenvalue weighted by Crippen LogP contribution is -2.38. The van der Waals surface area contributed by atoms with Crippen molar-refractivity contribution >= 4 is 17.7 Å². The Morgan fingerprint density at radius 2 is 2.29 bits per heavy atom. The van der Waals surface area contributed by atoms with E-state index in [1.54, 1.807) is 7.05 Å². The molecule has 78 valence electrons. The molecule has 1 aliphatic rings. The van der Waals surface area contributed by atoms with Gasteiger partial charge < -0.3 is 10.6 Å². The zero-order valence-electron chi connectivity index (χ0n) is 7.92. The number of imide groups is 1. The van der Waals surface area contributed by atoms with Gasteiger partial charge >= 0.3 is 0 Å². The van der Waals surface area contributed by atoms with Gasteiger partial charge in [0.15, 0.2) is 0 Å². The number of nitrogens with one attached hydrogen (secondary N) is 3. The average Bonchev–Trinajstić information content (AvgIpc) is 2.45. The predicted molar refractivity (Wildman–Crippen MR) is 48.2 cm³/mol. The maximum absolute atomic E-state index is 11.0. The number of hydrogen-bond acceptors (Lipinski definition) is 4. The van der Waals surface area contributed by atoms with Crippen molar-refractivity contribution in [3.8, 4) is 0 Å². The molecule has 14 heavy (non-hydrogen) atoms. The van der Waals surface area contributed by atoms with Crippen LogP contribution < -0.4 is 16.0 Å². The second-order valence-electron chi connectivity index (χ2n) is 3.05. The minimum absolute atomic E-state index is 0.0952. The molecule has 0 spiro atoms. The molecule has 1 heterocycles. The molecule has 1 unspecified atom stereocenters. The summed E-state index contributed by atoms with van der Waals surface area (Å²) in [6.07, 6.45) is 0.459. The highest BCUT2D eigenvalue weighted by molar-refractivity contribution is 6.05. The van der Waals surface area contributed by atoms with E-state index >= 15 is 0 Å². The van der Waals surface area contributed by atoms with Crippen molar-refractivity contribution in [1.29, 1.82) is 0 Å². The lowest BCUT2D eigenvalue weighted by molar-refractivity contribution is -0.125. The minimum atomic E-state index is -0.479. The fourth-order valence-electron chi connectivity index (χ4n) is 1.20. The van der Waals surface area contributed by atoms with Crippen molar-refractivity contribution in [2.75, 3.05) is 13.6 Å². The highest BCUT2D eigenvalue weighted by Crippen LogP contribution is 2.00. The maximum atomic E-state index is 11.0. The second-order valence-corrected chi connectivity index (χ2v) is 3.05. The van der Waals surface area contributed by atoms with Gasteiger partial charge in [-0.15, -0.1) is 0 Å². The lowest BCUT2D eigenvalue weighted by Gasteiger charge is -2.07. The number of carbonyl (C=O) groups is 3. The van der Waals surface area contributed by atoms with Gasteiger partial charge in [-0.1, -0.05) is 0 Å². The molecule has 0 bridgehead atoms. The van der Waals surface area contributed by atoms with Crippen LogP contribution in [0.3, 0.4) is 0 Å². The first-order chi connectivity index (χ1) is 6.63. The van der Waals surface area contributed by atoms with E-state index in [9.17, 15) is 14.4 Å². The van der Waals surface area contributed by atoms with Crippen LogP contribution in [-0.2, 0) is 14.4 Å². The van der Waals surface area contributed by atoms with E-state index in [0.29, 0.717) is 13.0 Å². The third kappa shape index (κ3) is 2.81. The predicted octanol–water partition coefficient (Wildman–Crippen LogP) is -1.87. The van der Waals surface area contributed by atoms with E-state index in [0.717, 1.165) is 0 Å². The molecular weight excluding hydrogens is 186 g/mol. The first kappa shape index (κ1) is 10.6. The third-order valence-corrected chi connectivity index (χ3v) is 1.99. The summed E-state index contributed by atoms with van der Waals surface area (Å²) in [5, 5.41) is 7.48. The number of amides is 3. The van der Waals surface area contributed by atoms with Gasteiger partial charge in [0.05, 0.1) is 12.5 Å². The average molecular weight is 199 g/mol. The van der Waals surface area contributed by atoms with Crippen LogP contribution in [0.4, 0.5) is 0 Å². The molecule has 1 fully saturated rings. The van der Waals surface area contributed by atoms with Gasteiger partial charge in [-0.05, 0) is 0 Å². The molecule has 3 N–H and O–H groups in total. The van der Waals surface area contributed by atoms with Gasteiger partial charge in [0.1, 0.15) is 0 Å². The Morgan fingerprint density at radius 1 is 1.57 bits per heavy atom. The summed E-state index contributed by atoms with van der Waals surface area (Å²) in [4.78, 5) is 32.6. The summed E-state index contributed by atoms with van der Waals surface area (Å²) in [6.45, 7) is 0.394. The fraction of sp³-hybridized carbons (Fsp3) is 0.625. The van der Waals surface area contributed by atoms with Crippen LogP contribution in [0.2, 0.25) is 0 Å². The summed E-state index contributed by atoms with van der Waals surface area (Å²) in [5.41, 5.74) is 0. The van der Waals surface area contributed by atoms with Gasteiger partial charge in [-0.3, -0.25) is 19.7 Å². The van der Waals surface area contributed by atoms with Gasteiger partial charge in [0, 0.05) is 20.0 Å². The standard InChI is InChI=1S/C8H13N3O3/c1-9-6(12)2-3-10-5-4-7(13)11-8(5)14/h5,10H,2-4H2,1H3,(H,9,12)(H,11,13,14). The molecule has 3 amide bonds. The second kappa shape index (κ2) is 4.71. The van der Waals surface area contributed by atoms with E-state index < -0.39 is 6.04 Å². The van der Waals surface area contributed by atoms with Crippen molar-refractivity contribution in [2.24, 2.45) is 0 Å². The summed E-state index contributed by atoms with van der Waals surface area (Å²) >= 11 is 0. The molecule has 1 saturated heterocycles. The van der Waals surface area contributed by atoms with Crippen molar-refractivity contribution in [3.05, 3.63) is 0 Å².